The van der Waals surface area contributed by atoms with Gasteiger partial charge in [0.15, 0.2) is 0 Å². The van der Waals surface area contributed by atoms with Gasteiger partial charge in [-0.2, -0.15) is 12.6 Å². The molecule has 0 saturated carbocycles. The predicted octanol–water partition coefficient (Wildman–Crippen LogP) is 2.17. The van der Waals surface area contributed by atoms with Crippen molar-refractivity contribution >= 4 is 48.2 Å². The number of hydrogen-bond donors (Lipinski definition) is 1. The molecule has 0 saturated heterocycles. The van der Waals surface area contributed by atoms with Crippen LogP contribution in [0.3, 0.4) is 0 Å². The van der Waals surface area contributed by atoms with Crippen molar-refractivity contribution in [2.45, 2.75) is 45.4 Å². The Labute approximate surface area is 115 Å². The van der Waals surface area contributed by atoms with Gasteiger partial charge in [0.05, 0.1) is 12.4 Å². The Morgan fingerprint density at radius 3 is 2.29 bits per heavy atom. The summed E-state index contributed by atoms with van der Waals surface area (Å²) in [5.74, 6) is -0.0209. The Morgan fingerprint density at radius 1 is 1.14 bits per heavy atom. The molecule has 0 N–H and O–H groups in total. The van der Waals surface area contributed by atoms with Gasteiger partial charge in [0.25, 0.3) is 0 Å². The molecule has 0 rings (SSSR count). The molecule has 0 unspecified atom stereocenters. The molecular weight excluding hydrogens is 207 g/mol. The summed E-state index contributed by atoms with van der Waals surface area (Å²) in [5.41, 5.74) is 0. The first-order valence-electron chi connectivity index (χ1n) is 5.07. The van der Waals surface area contributed by atoms with Gasteiger partial charge >= 0.3 is 35.5 Å². The molecule has 2 nitrogen and oxygen atoms in total. The fourth-order valence-corrected chi connectivity index (χ4v) is 1.21. The van der Waals surface area contributed by atoms with Crippen LogP contribution in [0.15, 0.2) is 0 Å². The second-order valence-electron chi connectivity index (χ2n) is 3.15. The van der Waals surface area contributed by atoms with E-state index in [1.165, 1.54) is 32.1 Å². The minimum atomic E-state index is -0.211. The van der Waals surface area contributed by atoms with E-state index in [0.717, 1.165) is 6.42 Å². The van der Waals surface area contributed by atoms with E-state index >= 15 is 0 Å². The zero-order valence-electron chi connectivity index (χ0n) is 8.42. The molecule has 0 aliphatic carbocycles. The SMILES string of the molecule is CCCCCCCCOC(=O)CS.[NaH]. The van der Waals surface area contributed by atoms with Gasteiger partial charge in [-0.05, 0) is 6.42 Å². The van der Waals surface area contributed by atoms with E-state index < -0.39 is 0 Å². The Balaban J connectivity index is 0. The van der Waals surface area contributed by atoms with Crippen molar-refractivity contribution in [3.8, 4) is 0 Å². The number of ether oxygens (including phenoxy) is 1. The minimum absolute atomic E-state index is 0. The summed E-state index contributed by atoms with van der Waals surface area (Å²) >= 11 is 3.81. The molecule has 0 spiro atoms. The molecule has 0 amide bonds. The number of carbonyl (C=O) groups is 1. The molecule has 0 radical (unpaired) electrons. The van der Waals surface area contributed by atoms with Gasteiger partial charge in [-0.3, -0.25) is 4.79 Å². The molecule has 0 fully saturated rings. The average molecular weight is 228 g/mol. The second-order valence-corrected chi connectivity index (χ2v) is 3.46. The maximum atomic E-state index is 10.6. The Morgan fingerprint density at radius 2 is 1.71 bits per heavy atom. The molecule has 0 aliphatic heterocycles. The quantitative estimate of drug-likeness (QED) is 0.298. The van der Waals surface area contributed by atoms with Crippen molar-refractivity contribution in [2.24, 2.45) is 0 Å². The van der Waals surface area contributed by atoms with E-state index in [1.54, 1.807) is 0 Å². The summed E-state index contributed by atoms with van der Waals surface area (Å²) in [6, 6.07) is 0. The molecule has 0 aromatic rings. The van der Waals surface area contributed by atoms with E-state index in [-0.39, 0.29) is 41.3 Å². The first kappa shape index (κ1) is 17.2. The summed E-state index contributed by atoms with van der Waals surface area (Å²) in [6.45, 7) is 2.76. The third-order valence-corrected chi connectivity index (χ3v) is 2.15. The van der Waals surface area contributed by atoms with Crippen molar-refractivity contribution < 1.29 is 9.53 Å². The van der Waals surface area contributed by atoms with Crippen molar-refractivity contribution in [1.82, 2.24) is 0 Å². The van der Waals surface area contributed by atoms with E-state index in [9.17, 15) is 4.79 Å². The fourth-order valence-electron chi connectivity index (χ4n) is 1.11. The molecule has 0 aromatic carbocycles. The summed E-state index contributed by atoms with van der Waals surface area (Å²) in [7, 11) is 0. The van der Waals surface area contributed by atoms with Crippen molar-refractivity contribution in [3.05, 3.63) is 0 Å². The average Bonchev–Trinajstić information content (AvgIpc) is 2.16. The normalized spacial score (nSPS) is 9.29. The van der Waals surface area contributed by atoms with E-state index in [4.69, 9.17) is 4.74 Å². The molecule has 0 aliphatic rings. The Hall–Kier alpha value is 0.820. The van der Waals surface area contributed by atoms with Gasteiger partial charge in [-0.25, -0.2) is 0 Å². The van der Waals surface area contributed by atoms with Crippen LogP contribution in [-0.4, -0.2) is 47.9 Å². The zero-order valence-corrected chi connectivity index (χ0v) is 9.31. The Kier molecular flexibility index (Phi) is 17.0. The second kappa shape index (κ2) is 13.8. The fraction of sp³-hybridized carbons (Fsp3) is 0.900. The number of thiol groups is 1. The van der Waals surface area contributed by atoms with Gasteiger partial charge in [-0.1, -0.05) is 39.0 Å². The molecule has 0 aromatic heterocycles. The summed E-state index contributed by atoms with van der Waals surface area (Å²) in [5, 5.41) is 0. The first-order chi connectivity index (χ1) is 6.31. The van der Waals surface area contributed by atoms with Crippen LogP contribution in [0.4, 0.5) is 0 Å². The maximum absolute atomic E-state index is 10.6. The molecule has 0 bridgehead atoms. The van der Waals surface area contributed by atoms with Crippen LogP contribution in [0.2, 0.25) is 0 Å². The number of unbranched alkanes of at least 4 members (excludes halogenated alkanes) is 5. The molecule has 14 heavy (non-hydrogen) atoms. The number of esters is 1. The molecular formula is C10H21NaO2S. The topological polar surface area (TPSA) is 26.3 Å². The molecule has 4 heteroatoms. The first-order valence-corrected chi connectivity index (χ1v) is 5.71. The van der Waals surface area contributed by atoms with Crippen molar-refractivity contribution in [1.29, 1.82) is 0 Å². The Bertz CT molecular complexity index is 131. The molecule has 0 atom stereocenters. The van der Waals surface area contributed by atoms with Crippen molar-refractivity contribution in [2.75, 3.05) is 12.4 Å². The standard InChI is InChI=1S/C10H20O2S.Na.H/c1-2-3-4-5-6-7-8-12-10(11)9-13;;/h13H,2-9H2,1H3;;. The van der Waals surface area contributed by atoms with Crippen LogP contribution in [0.25, 0.3) is 0 Å². The van der Waals surface area contributed by atoms with Crippen LogP contribution in [0.1, 0.15) is 45.4 Å². The number of hydrogen-bond acceptors (Lipinski definition) is 3. The van der Waals surface area contributed by atoms with E-state index in [1.807, 2.05) is 0 Å². The van der Waals surface area contributed by atoms with Crippen LogP contribution in [0.5, 0.6) is 0 Å². The van der Waals surface area contributed by atoms with Crippen LogP contribution < -0.4 is 0 Å². The number of rotatable bonds is 8. The summed E-state index contributed by atoms with van der Waals surface area (Å²) in [4.78, 5) is 10.6. The van der Waals surface area contributed by atoms with Gasteiger partial charge in [-0.15, -0.1) is 0 Å². The monoisotopic (exact) mass is 228 g/mol. The third-order valence-electron chi connectivity index (χ3n) is 1.89. The van der Waals surface area contributed by atoms with E-state index in [2.05, 4.69) is 19.6 Å². The van der Waals surface area contributed by atoms with Crippen LogP contribution in [-0.2, 0) is 9.53 Å². The summed E-state index contributed by atoms with van der Waals surface area (Å²) < 4.78 is 4.88. The summed E-state index contributed by atoms with van der Waals surface area (Å²) in [6.07, 6.45) is 7.30. The number of carbonyl (C=O) groups excluding carboxylic acids is 1. The van der Waals surface area contributed by atoms with Gasteiger partial charge in [0.2, 0.25) is 0 Å². The zero-order chi connectivity index (χ0) is 9.94. The molecule has 80 valence electrons. The molecule has 0 heterocycles. The third kappa shape index (κ3) is 12.8. The van der Waals surface area contributed by atoms with Gasteiger partial charge in [0, 0.05) is 0 Å². The van der Waals surface area contributed by atoms with Crippen LogP contribution in [0, 0.1) is 0 Å². The predicted molar refractivity (Wildman–Crippen MR) is 65.3 cm³/mol. The van der Waals surface area contributed by atoms with Crippen LogP contribution >= 0.6 is 12.6 Å². The van der Waals surface area contributed by atoms with Crippen molar-refractivity contribution in [3.63, 3.8) is 0 Å². The van der Waals surface area contributed by atoms with E-state index in [0.29, 0.717) is 6.61 Å². The van der Waals surface area contributed by atoms with Gasteiger partial charge in [0.1, 0.15) is 0 Å². The van der Waals surface area contributed by atoms with Gasteiger partial charge < -0.3 is 4.74 Å².